The van der Waals surface area contributed by atoms with Crippen molar-refractivity contribution in [3.63, 3.8) is 0 Å². The number of nitrogens with zero attached hydrogens (tertiary/aromatic N) is 2. The van der Waals surface area contributed by atoms with Crippen LogP contribution in [-0.2, 0) is 20.9 Å². The van der Waals surface area contributed by atoms with Gasteiger partial charge in [0.05, 0.1) is 30.3 Å². The molecule has 2 aliphatic rings. The minimum atomic E-state index is -0.444. The average Bonchev–Trinajstić information content (AvgIpc) is 3.10. The third kappa shape index (κ3) is 3.04. The number of carbonyl (C=O) groups is 2. The number of carbonyl (C=O) groups excluding carboxylic acids is 2. The standard InChI is InChI=1S/C24H28N2O3/c1-5-9-15(6-2)19-14(3)23(27)26-13-17-12-16-10-7-8-11-18(16)25-21(17)22(26)20(19)24(28)29-4/h7-12,14,19-20,22H,5-6,13H2,1-4H3. The fourth-order valence-electron chi connectivity index (χ4n) is 5.23. The summed E-state index contributed by atoms with van der Waals surface area (Å²) in [6, 6.07) is 9.70. The van der Waals surface area contributed by atoms with Crippen molar-refractivity contribution in [1.29, 1.82) is 0 Å². The second-order valence-electron chi connectivity index (χ2n) is 8.04. The molecule has 29 heavy (non-hydrogen) atoms. The minimum absolute atomic E-state index is 0.0951. The van der Waals surface area contributed by atoms with Crippen LogP contribution >= 0.6 is 0 Å². The molecule has 5 heteroatoms. The lowest BCUT2D eigenvalue weighted by Crippen LogP contribution is -2.52. The van der Waals surface area contributed by atoms with Gasteiger partial charge in [0.15, 0.2) is 0 Å². The number of ether oxygens (including phenoxy) is 1. The molecule has 2 aromatic rings. The lowest BCUT2D eigenvalue weighted by atomic mass is 9.69. The summed E-state index contributed by atoms with van der Waals surface area (Å²) < 4.78 is 5.26. The molecule has 152 valence electrons. The van der Waals surface area contributed by atoms with Crippen LogP contribution in [0, 0.1) is 17.8 Å². The molecule has 3 heterocycles. The molecule has 1 aromatic carbocycles. The first-order valence-electron chi connectivity index (χ1n) is 10.5. The van der Waals surface area contributed by atoms with E-state index in [-0.39, 0.29) is 29.8 Å². The van der Waals surface area contributed by atoms with Gasteiger partial charge in [0.2, 0.25) is 5.91 Å². The zero-order chi connectivity index (χ0) is 20.7. The van der Waals surface area contributed by atoms with Gasteiger partial charge in [-0.1, -0.05) is 50.6 Å². The summed E-state index contributed by atoms with van der Waals surface area (Å²) in [6.07, 6.45) is 3.86. The van der Waals surface area contributed by atoms with Gasteiger partial charge in [-0.25, -0.2) is 0 Å². The van der Waals surface area contributed by atoms with Crippen molar-refractivity contribution in [3.8, 4) is 0 Å². The molecule has 1 aromatic heterocycles. The Morgan fingerprint density at radius 3 is 2.72 bits per heavy atom. The summed E-state index contributed by atoms with van der Waals surface area (Å²) >= 11 is 0. The van der Waals surface area contributed by atoms with E-state index in [9.17, 15) is 9.59 Å². The molecular formula is C24H28N2O3. The van der Waals surface area contributed by atoms with E-state index in [2.05, 4.69) is 26.0 Å². The van der Waals surface area contributed by atoms with Crippen LogP contribution in [0.4, 0.5) is 0 Å². The Balaban J connectivity index is 1.90. The van der Waals surface area contributed by atoms with E-state index in [1.165, 1.54) is 7.11 Å². The SMILES string of the molecule is CCC=C(CC)C1C(C)C(=O)N2Cc3cc4ccccc4nc3C2C1C(=O)OC. The number of pyridine rings is 1. The van der Waals surface area contributed by atoms with Crippen LogP contribution in [0.1, 0.15) is 50.9 Å². The number of piperidine rings is 1. The molecule has 1 saturated heterocycles. The zero-order valence-corrected chi connectivity index (χ0v) is 17.5. The topological polar surface area (TPSA) is 59.5 Å². The number of para-hydroxylation sites is 1. The van der Waals surface area contributed by atoms with Gasteiger partial charge in [0.1, 0.15) is 0 Å². The number of fused-ring (bicyclic) bond motifs is 4. The summed E-state index contributed by atoms with van der Waals surface area (Å²) in [5, 5.41) is 1.05. The van der Waals surface area contributed by atoms with Crippen molar-refractivity contribution in [3.05, 3.63) is 53.2 Å². The lowest BCUT2D eigenvalue weighted by molar-refractivity contribution is -0.161. The first-order chi connectivity index (χ1) is 14.0. The van der Waals surface area contributed by atoms with Crippen LogP contribution in [-0.4, -0.2) is 28.9 Å². The molecule has 0 radical (unpaired) electrons. The summed E-state index contributed by atoms with van der Waals surface area (Å²) in [4.78, 5) is 33.2. The minimum Gasteiger partial charge on any atom is -0.469 e. The quantitative estimate of drug-likeness (QED) is 0.571. The first kappa shape index (κ1) is 19.6. The number of hydrogen-bond acceptors (Lipinski definition) is 4. The number of rotatable bonds is 4. The number of esters is 1. The third-order valence-corrected chi connectivity index (χ3v) is 6.51. The predicted octanol–water partition coefficient (Wildman–Crippen LogP) is 4.42. The van der Waals surface area contributed by atoms with Crippen LogP contribution in [0.5, 0.6) is 0 Å². The number of hydrogen-bond donors (Lipinski definition) is 0. The van der Waals surface area contributed by atoms with Crippen molar-refractivity contribution in [1.82, 2.24) is 9.88 Å². The van der Waals surface area contributed by atoms with E-state index >= 15 is 0 Å². The largest absolute Gasteiger partial charge is 0.469 e. The number of aromatic nitrogens is 1. The van der Waals surface area contributed by atoms with E-state index < -0.39 is 5.92 Å². The highest BCUT2D eigenvalue weighted by molar-refractivity contribution is 5.87. The third-order valence-electron chi connectivity index (χ3n) is 6.51. The van der Waals surface area contributed by atoms with Crippen molar-refractivity contribution in [2.24, 2.45) is 17.8 Å². The van der Waals surface area contributed by atoms with E-state index in [0.29, 0.717) is 6.54 Å². The molecule has 0 saturated carbocycles. The molecule has 4 unspecified atom stereocenters. The van der Waals surface area contributed by atoms with Crippen molar-refractivity contribution in [2.45, 2.75) is 46.2 Å². The second kappa shape index (κ2) is 7.62. The van der Waals surface area contributed by atoms with Crippen LogP contribution in [0.25, 0.3) is 10.9 Å². The highest BCUT2D eigenvalue weighted by Crippen LogP contribution is 2.51. The Labute approximate surface area is 171 Å². The highest BCUT2D eigenvalue weighted by atomic mass is 16.5. The zero-order valence-electron chi connectivity index (χ0n) is 17.5. The first-order valence-corrected chi connectivity index (χ1v) is 10.5. The molecule has 4 rings (SSSR count). The Hall–Kier alpha value is -2.69. The van der Waals surface area contributed by atoms with Gasteiger partial charge in [0.25, 0.3) is 0 Å². The summed E-state index contributed by atoms with van der Waals surface area (Å²) in [7, 11) is 1.43. The Bertz CT molecular complexity index is 997. The van der Waals surface area contributed by atoms with Gasteiger partial charge >= 0.3 is 5.97 Å². The fourth-order valence-corrected chi connectivity index (χ4v) is 5.23. The molecule has 0 spiro atoms. The number of amides is 1. The summed E-state index contributed by atoms with van der Waals surface area (Å²) in [5.74, 6) is -1.04. The Kier molecular flexibility index (Phi) is 5.15. The van der Waals surface area contributed by atoms with Crippen LogP contribution < -0.4 is 0 Å². The molecule has 2 aliphatic heterocycles. The fraction of sp³-hybridized carbons (Fsp3) is 0.458. The monoisotopic (exact) mass is 392 g/mol. The van der Waals surface area contributed by atoms with Crippen LogP contribution in [0.2, 0.25) is 0 Å². The Morgan fingerprint density at radius 2 is 2.03 bits per heavy atom. The van der Waals surface area contributed by atoms with E-state index in [0.717, 1.165) is 40.6 Å². The molecule has 4 atom stereocenters. The van der Waals surface area contributed by atoms with Gasteiger partial charge in [-0.3, -0.25) is 14.6 Å². The van der Waals surface area contributed by atoms with Crippen LogP contribution in [0.3, 0.4) is 0 Å². The Morgan fingerprint density at radius 1 is 1.28 bits per heavy atom. The number of allylic oxidation sites excluding steroid dienone is 2. The van der Waals surface area contributed by atoms with Gasteiger partial charge in [-0.2, -0.15) is 0 Å². The van der Waals surface area contributed by atoms with Crippen molar-refractivity contribution >= 4 is 22.8 Å². The average molecular weight is 392 g/mol. The summed E-state index contributed by atoms with van der Waals surface area (Å²) in [5.41, 5.74) is 3.93. The number of benzene rings is 1. The lowest BCUT2D eigenvalue weighted by Gasteiger charge is -2.44. The molecule has 5 nitrogen and oxygen atoms in total. The molecule has 0 bridgehead atoms. The van der Waals surface area contributed by atoms with E-state index in [1.807, 2.05) is 36.1 Å². The maximum absolute atomic E-state index is 13.4. The normalized spacial score (nSPS) is 26.4. The maximum atomic E-state index is 13.4. The molecular weight excluding hydrogens is 364 g/mol. The summed E-state index contributed by atoms with van der Waals surface area (Å²) in [6.45, 7) is 6.63. The van der Waals surface area contributed by atoms with Crippen molar-refractivity contribution in [2.75, 3.05) is 7.11 Å². The number of methoxy groups -OCH3 is 1. The van der Waals surface area contributed by atoms with Crippen molar-refractivity contribution < 1.29 is 14.3 Å². The second-order valence-corrected chi connectivity index (χ2v) is 8.04. The molecule has 0 N–H and O–H groups in total. The van der Waals surface area contributed by atoms with E-state index in [1.54, 1.807) is 0 Å². The van der Waals surface area contributed by atoms with Gasteiger partial charge in [-0.05, 0) is 30.5 Å². The molecule has 1 fully saturated rings. The van der Waals surface area contributed by atoms with Crippen LogP contribution in [0.15, 0.2) is 42.0 Å². The maximum Gasteiger partial charge on any atom is 0.311 e. The van der Waals surface area contributed by atoms with Gasteiger partial charge < -0.3 is 9.64 Å². The van der Waals surface area contributed by atoms with Gasteiger partial charge in [0, 0.05) is 23.8 Å². The smallest absolute Gasteiger partial charge is 0.311 e. The molecule has 0 aliphatic carbocycles. The predicted molar refractivity (Wildman–Crippen MR) is 112 cm³/mol. The van der Waals surface area contributed by atoms with Gasteiger partial charge in [-0.15, -0.1) is 0 Å². The van der Waals surface area contributed by atoms with E-state index in [4.69, 9.17) is 9.72 Å². The molecule has 1 amide bonds. The highest BCUT2D eigenvalue weighted by Gasteiger charge is 2.55.